The van der Waals surface area contributed by atoms with Crippen LogP contribution >= 0.6 is 0 Å². The van der Waals surface area contributed by atoms with Gasteiger partial charge in [-0.2, -0.15) is 0 Å². The molecule has 1 aliphatic carbocycles. The number of nitrogens with one attached hydrogen (secondary N) is 1. The zero-order chi connectivity index (χ0) is 36.9. The van der Waals surface area contributed by atoms with E-state index in [1.54, 1.807) is 14.2 Å². The molecule has 0 heterocycles. The Bertz CT molecular complexity index is 1180. The van der Waals surface area contributed by atoms with Gasteiger partial charge in [0.05, 0.1) is 25.9 Å². The maximum atomic E-state index is 13.6. The van der Waals surface area contributed by atoms with E-state index in [0.717, 1.165) is 12.0 Å². The molecule has 0 unspecified atom stereocenters. The number of carbonyl (C=O) groups excluding carboxylic acids is 1. The third kappa shape index (κ3) is 13.5. The third-order valence-corrected chi connectivity index (χ3v) is 9.56. The van der Waals surface area contributed by atoms with Crippen molar-refractivity contribution in [2.24, 2.45) is 23.7 Å². The van der Waals surface area contributed by atoms with Crippen molar-refractivity contribution in [2.45, 2.75) is 130 Å². The molecule has 280 valence electrons. The van der Waals surface area contributed by atoms with Crippen LogP contribution in [0.1, 0.15) is 99.0 Å². The van der Waals surface area contributed by atoms with Gasteiger partial charge in [-0.25, -0.2) is 4.79 Å². The predicted molar refractivity (Wildman–Crippen MR) is 186 cm³/mol. The Morgan fingerprint density at radius 3 is 2.18 bits per heavy atom. The number of ether oxygens (including phenoxy) is 3. The average molecular weight is 696 g/mol. The summed E-state index contributed by atoms with van der Waals surface area (Å²) in [7, 11) is 3.24. The lowest BCUT2D eigenvalue weighted by atomic mass is 9.79. The van der Waals surface area contributed by atoms with Crippen molar-refractivity contribution >= 4 is 12.0 Å². The minimum absolute atomic E-state index is 0.0125. The molecule has 3 N–H and O–H groups in total. The average Bonchev–Trinajstić information content (AvgIpc) is 3.00. The first-order valence-corrected chi connectivity index (χ1v) is 17.6. The normalized spacial score (nSPS) is 19.1. The lowest BCUT2D eigenvalue weighted by molar-refractivity contribution is -0.769. The number of benzene rings is 1. The summed E-state index contributed by atoms with van der Waals surface area (Å²) >= 11 is 0. The SMILES string of the molecule is COCCCOc1cc(C[C@H](C[C@@H]([C@H](O)C[C@H](C(=O)NC2CCC(O[N+](=O)[O-])CC2)C(C)C)N(C(=O)O)C(C)(C)C)C(C)C)ccc1OC. The second kappa shape index (κ2) is 19.8. The molecule has 1 fully saturated rings. The van der Waals surface area contributed by atoms with E-state index in [4.69, 9.17) is 19.0 Å². The van der Waals surface area contributed by atoms with Gasteiger partial charge in [-0.3, -0.25) is 9.69 Å². The minimum atomic E-state index is -1.13. The van der Waals surface area contributed by atoms with Gasteiger partial charge in [-0.05, 0) is 101 Å². The number of amides is 2. The van der Waals surface area contributed by atoms with Gasteiger partial charge in [0.2, 0.25) is 5.91 Å². The van der Waals surface area contributed by atoms with Crippen molar-refractivity contribution < 1.29 is 43.9 Å². The molecule has 2 amide bonds. The molecule has 0 saturated heterocycles. The summed E-state index contributed by atoms with van der Waals surface area (Å²) in [6, 6.07) is 4.88. The Balaban J connectivity index is 2.31. The summed E-state index contributed by atoms with van der Waals surface area (Å²) in [5, 5.41) is 35.4. The van der Waals surface area contributed by atoms with Gasteiger partial charge < -0.3 is 34.6 Å². The highest BCUT2D eigenvalue weighted by molar-refractivity contribution is 5.79. The molecule has 0 aliphatic heterocycles. The van der Waals surface area contributed by atoms with E-state index < -0.39 is 40.9 Å². The van der Waals surface area contributed by atoms with E-state index in [1.807, 2.05) is 52.8 Å². The Morgan fingerprint density at radius 1 is 1.02 bits per heavy atom. The minimum Gasteiger partial charge on any atom is -0.493 e. The first-order chi connectivity index (χ1) is 23.0. The number of rotatable bonds is 20. The van der Waals surface area contributed by atoms with E-state index in [0.29, 0.717) is 63.2 Å². The van der Waals surface area contributed by atoms with Gasteiger partial charge >= 0.3 is 6.09 Å². The Labute approximate surface area is 292 Å². The van der Waals surface area contributed by atoms with Gasteiger partial charge in [-0.15, -0.1) is 10.1 Å². The smallest absolute Gasteiger partial charge is 0.408 e. The van der Waals surface area contributed by atoms with Crippen molar-refractivity contribution in [3.8, 4) is 11.5 Å². The maximum absolute atomic E-state index is 13.6. The number of carboxylic acid groups (broad SMARTS) is 1. The van der Waals surface area contributed by atoms with Crippen LogP contribution in [0.5, 0.6) is 11.5 Å². The molecule has 13 heteroatoms. The number of aliphatic hydroxyl groups is 1. The van der Waals surface area contributed by atoms with Crippen LogP contribution < -0.4 is 14.8 Å². The van der Waals surface area contributed by atoms with Crippen molar-refractivity contribution in [1.82, 2.24) is 10.2 Å². The molecule has 13 nitrogen and oxygen atoms in total. The predicted octanol–water partition coefficient (Wildman–Crippen LogP) is 6.12. The summed E-state index contributed by atoms with van der Waals surface area (Å²) in [5.41, 5.74) is 0.187. The van der Waals surface area contributed by atoms with Crippen LogP contribution in [-0.2, 0) is 20.8 Å². The van der Waals surface area contributed by atoms with E-state index in [9.17, 15) is 29.9 Å². The summed E-state index contributed by atoms with van der Waals surface area (Å²) in [6.45, 7) is 14.5. The summed E-state index contributed by atoms with van der Waals surface area (Å²) in [5.74, 6) is 0.481. The molecule has 2 rings (SSSR count). The van der Waals surface area contributed by atoms with Gasteiger partial charge in [0.15, 0.2) is 11.5 Å². The van der Waals surface area contributed by atoms with Crippen LogP contribution in [0.4, 0.5) is 4.79 Å². The molecule has 49 heavy (non-hydrogen) atoms. The molecule has 0 radical (unpaired) electrons. The quantitative estimate of drug-likeness (QED) is 0.0820. The first-order valence-electron chi connectivity index (χ1n) is 17.6. The van der Waals surface area contributed by atoms with Crippen LogP contribution in [0.2, 0.25) is 0 Å². The number of nitrogens with zero attached hydrogens (tertiary/aromatic N) is 2. The first kappa shape index (κ1) is 41.8. The molecule has 1 saturated carbocycles. The molecule has 0 bridgehead atoms. The van der Waals surface area contributed by atoms with E-state index in [2.05, 4.69) is 19.2 Å². The second-order valence-corrected chi connectivity index (χ2v) is 15.0. The largest absolute Gasteiger partial charge is 0.493 e. The molecule has 1 aromatic rings. The summed E-state index contributed by atoms with van der Waals surface area (Å²) in [4.78, 5) is 43.2. The van der Waals surface area contributed by atoms with Gasteiger partial charge in [-0.1, -0.05) is 33.8 Å². The summed E-state index contributed by atoms with van der Waals surface area (Å²) < 4.78 is 16.7. The lowest BCUT2D eigenvalue weighted by Crippen LogP contribution is -2.57. The van der Waals surface area contributed by atoms with Crippen molar-refractivity contribution in [3.05, 3.63) is 33.9 Å². The highest BCUT2D eigenvalue weighted by Crippen LogP contribution is 2.35. The molecule has 4 atom stereocenters. The van der Waals surface area contributed by atoms with E-state index in [-0.39, 0.29) is 36.1 Å². The van der Waals surface area contributed by atoms with Crippen LogP contribution in [0.15, 0.2) is 18.2 Å². The summed E-state index contributed by atoms with van der Waals surface area (Å²) in [6.07, 6.45) is 1.13. The number of hydrogen-bond acceptors (Lipinski definition) is 9. The van der Waals surface area contributed by atoms with Crippen LogP contribution in [-0.4, -0.2) is 89.5 Å². The van der Waals surface area contributed by atoms with Crippen LogP contribution in [0.3, 0.4) is 0 Å². The fourth-order valence-corrected chi connectivity index (χ4v) is 6.75. The van der Waals surface area contributed by atoms with Crippen LogP contribution in [0.25, 0.3) is 0 Å². The topological polar surface area (TPSA) is 170 Å². The van der Waals surface area contributed by atoms with Gasteiger partial charge in [0.25, 0.3) is 5.09 Å². The van der Waals surface area contributed by atoms with Gasteiger partial charge in [0.1, 0.15) is 6.10 Å². The van der Waals surface area contributed by atoms with Crippen LogP contribution in [0, 0.1) is 33.8 Å². The highest BCUT2D eigenvalue weighted by atomic mass is 17.0. The third-order valence-electron chi connectivity index (χ3n) is 9.56. The van der Waals surface area contributed by atoms with Crippen molar-refractivity contribution in [2.75, 3.05) is 27.4 Å². The number of methoxy groups -OCH3 is 2. The van der Waals surface area contributed by atoms with Gasteiger partial charge in [0, 0.05) is 37.6 Å². The van der Waals surface area contributed by atoms with E-state index in [1.165, 1.54) is 4.90 Å². The highest BCUT2D eigenvalue weighted by Gasteiger charge is 2.41. The number of aliphatic hydroxyl groups excluding tert-OH is 1. The zero-order valence-electron chi connectivity index (χ0n) is 31.0. The molecule has 1 aliphatic rings. The Morgan fingerprint density at radius 2 is 1.67 bits per heavy atom. The molecule has 0 aromatic heterocycles. The fraction of sp³-hybridized carbons (Fsp3) is 0.778. The lowest BCUT2D eigenvalue weighted by Gasteiger charge is -2.44. The molecular weight excluding hydrogens is 634 g/mol. The second-order valence-electron chi connectivity index (χ2n) is 15.0. The van der Waals surface area contributed by atoms with Crippen molar-refractivity contribution in [3.63, 3.8) is 0 Å². The Hall–Kier alpha value is -3.32. The Kier molecular flexibility index (Phi) is 16.9. The van der Waals surface area contributed by atoms with Crippen molar-refractivity contribution in [1.29, 1.82) is 0 Å². The number of carbonyl (C=O) groups is 2. The monoisotopic (exact) mass is 695 g/mol. The molecule has 1 aromatic carbocycles. The molecular formula is C36H61N3O10. The van der Waals surface area contributed by atoms with E-state index >= 15 is 0 Å². The fourth-order valence-electron chi connectivity index (χ4n) is 6.75. The molecule has 0 spiro atoms. The zero-order valence-corrected chi connectivity index (χ0v) is 31.0. The standard InChI is InChI=1S/C36H61N3O10/c1-23(2)26(19-25-11-16-32(47-9)33(20-25)48-18-10-17-46-8)21-30(38(35(42)43)36(5,6)7)31(40)22-29(24(3)4)34(41)37-27-12-14-28(15-13-27)49-39(44)45/h11,16,20,23-24,26-31,40H,10,12-15,17-19,21-22H2,1-9H3,(H,37,41)(H,42,43)/t26-,27?,28?,29+,30+,31-/m1/s1. The maximum Gasteiger partial charge on any atom is 0.408 e. The number of hydrogen-bond donors (Lipinski definition) is 3.